The minimum absolute atomic E-state index is 0.0584. The van der Waals surface area contributed by atoms with Crippen molar-refractivity contribution in [3.05, 3.63) is 35.4 Å². The van der Waals surface area contributed by atoms with E-state index in [0.717, 1.165) is 6.07 Å². The monoisotopic (exact) mass is 309 g/mol. The number of benzene rings is 1. The van der Waals surface area contributed by atoms with E-state index in [2.05, 4.69) is 20.7 Å². The van der Waals surface area contributed by atoms with Crippen LogP contribution in [0.4, 0.5) is 16.0 Å². The summed E-state index contributed by atoms with van der Waals surface area (Å²) in [6.45, 7) is 0. The highest BCUT2D eigenvalue weighted by Crippen LogP contribution is 2.24. The summed E-state index contributed by atoms with van der Waals surface area (Å²) < 4.78 is 14.4. The van der Waals surface area contributed by atoms with E-state index >= 15 is 0 Å². The maximum Gasteiger partial charge on any atom is 0.249 e. The van der Waals surface area contributed by atoms with Gasteiger partial charge in [0, 0.05) is 5.69 Å². The van der Waals surface area contributed by atoms with E-state index < -0.39 is 17.8 Å². The van der Waals surface area contributed by atoms with Crippen LogP contribution in [0.5, 0.6) is 0 Å². The van der Waals surface area contributed by atoms with Gasteiger partial charge in [-0.25, -0.2) is 9.07 Å². The van der Waals surface area contributed by atoms with Crippen LogP contribution < -0.4 is 10.6 Å². The lowest BCUT2D eigenvalue weighted by molar-refractivity contribution is -0.125. The number of fused-ring (bicyclic) bond motifs is 1. The number of hydrogen-bond donors (Lipinski definition) is 2. The van der Waals surface area contributed by atoms with Gasteiger partial charge in [0.25, 0.3) is 0 Å². The number of carbonyl (C=O) groups excluding carboxylic acids is 2. The highest BCUT2D eigenvalue weighted by molar-refractivity contribution is 6.31. The summed E-state index contributed by atoms with van der Waals surface area (Å²) in [5, 5.41) is 8.89. The van der Waals surface area contributed by atoms with E-state index in [4.69, 9.17) is 11.6 Å². The molecule has 0 fully saturated rings. The first-order chi connectivity index (χ1) is 10.0. The molecule has 0 saturated carbocycles. The van der Waals surface area contributed by atoms with Gasteiger partial charge in [-0.1, -0.05) is 11.6 Å². The lowest BCUT2D eigenvalue weighted by Crippen LogP contribution is -2.36. The van der Waals surface area contributed by atoms with Crippen molar-refractivity contribution in [2.45, 2.75) is 12.5 Å². The Morgan fingerprint density at radius 1 is 1.52 bits per heavy atom. The molecule has 1 aliphatic heterocycles. The van der Waals surface area contributed by atoms with Gasteiger partial charge in [0.15, 0.2) is 0 Å². The van der Waals surface area contributed by atoms with Gasteiger partial charge < -0.3 is 5.32 Å². The molecule has 0 radical (unpaired) electrons. The Balaban J connectivity index is 1.83. The predicted octanol–water partition coefficient (Wildman–Crippen LogP) is 1.59. The minimum atomic E-state index is -0.819. The molecule has 0 spiro atoms. The molecule has 0 bridgehead atoms. The fourth-order valence-electron chi connectivity index (χ4n) is 2.01. The van der Waals surface area contributed by atoms with Crippen LogP contribution in [0.15, 0.2) is 24.5 Å². The summed E-state index contributed by atoms with van der Waals surface area (Å²) >= 11 is 5.65. The van der Waals surface area contributed by atoms with Crippen LogP contribution in [0, 0.1) is 5.82 Å². The molecular formula is C12H9ClFN5O2. The first-order valence-corrected chi connectivity index (χ1v) is 6.37. The minimum Gasteiger partial charge on any atom is -0.324 e. The van der Waals surface area contributed by atoms with Crippen molar-refractivity contribution in [3.63, 3.8) is 0 Å². The van der Waals surface area contributed by atoms with Gasteiger partial charge in [0.2, 0.25) is 17.8 Å². The van der Waals surface area contributed by atoms with Crippen LogP contribution in [0.3, 0.4) is 0 Å². The van der Waals surface area contributed by atoms with E-state index in [1.165, 1.54) is 23.1 Å². The maximum absolute atomic E-state index is 13.1. The maximum atomic E-state index is 13.1. The molecular weight excluding hydrogens is 301 g/mol. The van der Waals surface area contributed by atoms with Gasteiger partial charge in [-0.15, -0.1) is 0 Å². The third-order valence-electron chi connectivity index (χ3n) is 2.99. The number of anilines is 2. The van der Waals surface area contributed by atoms with Crippen molar-refractivity contribution in [1.29, 1.82) is 0 Å². The normalized spacial score (nSPS) is 17.0. The van der Waals surface area contributed by atoms with Gasteiger partial charge in [-0.05, 0) is 18.2 Å². The Labute approximate surface area is 123 Å². The van der Waals surface area contributed by atoms with E-state index in [0.29, 0.717) is 5.69 Å². The van der Waals surface area contributed by atoms with E-state index in [-0.39, 0.29) is 23.3 Å². The van der Waals surface area contributed by atoms with Crippen molar-refractivity contribution in [2.75, 3.05) is 10.6 Å². The van der Waals surface area contributed by atoms with Crippen LogP contribution in [0.2, 0.25) is 5.02 Å². The second-order valence-corrected chi connectivity index (χ2v) is 4.82. The first kappa shape index (κ1) is 13.5. The summed E-state index contributed by atoms with van der Waals surface area (Å²) in [5.74, 6) is -1.15. The number of rotatable bonds is 2. The fourth-order valence-corrected chi connectivity index (χ4v) is 2.19. The lowest BCUT2D eigenvalue weighted by atomic mass is 10.1. The quantitative estimate of drug-likeness (QED) is 0.881. The standard InChI is InChI=1S/C12H9ClFN5O2/c13-7-3-6(1-2-8(7)14)17-11(21)9-4-10(20)18-12-15-5-16-19(9)12/h1-3,5,9H,4H2,(H,17,21)(H,15,16,18,20)/t9-/m1/s1. The largest absolute Gasteiger partial charge is 0.324 e. The molecule has 1 aliphatic rings. The van der Waals surface area contributed by atoms with E-state index in [1.54, 1.807) is 0 Å². The molecule has 2 aromatic rings. The highest BCUT2D eigenvalue weighted by Gasteiger charge is 2.31. The Morgan fingerprint density at radius 2 is 2.33 bits per heavy atom. The van der Waals surface area contributed by atoms with Gasteiger partial charge in [-0.3, -0.25) is 14.9 Å². The average molecular weight is 310 g/mol. The summed E-state index contributed by atoms with van der Waals surface area (Å²) in [6.07, 6.45) is 1.19. The summed E-state index contributed by atoms with van der Waals surface area (Å²) in [5.41, 5.74) is 0.332. The van der Waals surface area contributed by atoms with Crippen molar-refractivity contribution in [2.24, 2.45) is 0 Å². The number of hydrogen-bond acceptors (Lipinski definition) is 4. The number of nitrogens with zero attached hydrogens (tertiary/aromatic N) is 3. The van der Waals surface area contributed by atoms with Crippen molar-refractivity contribution < 1.29 is 14.0 Å². The highest BCUT2D eigenvalue weighted by atomic mass is 35.5. The Bertz CT molecular complexity index is 732. The predicted molar refractivity (Wildman–Crippen MR) is 72.3 cm³/mol. The van der Waals surface area contributed by atoms with Crippen LogP contribution in [-0.4, -0.2) is 26.6 Å². The van der Waals surface area contributed by atoms with Crippen molar-refractivity contribution >= 4 is 35.1 Å². The molecule has 2 N–H and O–H groups in total. The molecule has 1 aromatic heterocycles. The molecule has 1 aromatic carbocycles. The number of carbonyl (C=O) groups is 2. The Morgan fingerprint density at radius 3 is 3.10 bits per heavy atom. The molecule has 0 aliphatic carbocycles. The van der Waals surface area contributed by atoms with E-state index in [9.17, 15) is 14.0 Å². The molecule has 0 unspecified atom stereocenters. The zero-order chi connectivity index (χ0) is 15.0. The number of aromatic nitrogens is 3. The first-order valence-electron chi connectivity index (χ1n) is 6.00. The van der Waals surface area contributed by atoms with Gasteiger partial charge in [0.05, 0.1) is 11.4 Å². The van der Waals surface area contributed by atoms with Gasteiger partial charge in [0.1, 0.15) is 18.2 Å². The summed E-state index contributed by atoms with van der Waals surface area (Å²) in [7, 11) is 0. The molecule has 0 saturated heterocycles. The average Bonchev–Trinajstić information content (AvgIpc) is 2.90. The Hall–Kier alpha value is -2.48. The van der Waals surface area contributed by atoms with Crippen LogP contribution in [0.1, 0.15) is 12.5 Å². The van der Waals surface area contributed by atoms with Gasteiger partial charge >= 0.3 is 0 Å². The lowest BCUT2D eigenvalue weighted by Gasteiger charge is -2.22. The summed E-state index contributed by atoms with van der Waals surface area (Å²) in [4.78, 5) is 27.6. The molecule has 2 heterocycles. The molecule has 7 nitrogen and oxygen atoms in total. The van der Waals surface area contributed by atoms with Crippen LogP contribution in [0.25, 0.3) is 0 Å². The second kappa shape index (κ2) is 5.13. The zero-order valence-electron chi connectivity index (χ0n) is 10.5. The fraction of sp³-hybridized carbons (Fsp3) is 0.167. The van der Waals surface area contributed by atoms with E-state index in [1.807, 2.05) is 0 Å². The molecule has 2 amide bonds. The number of amides is 2. The summed E-state index contributed by atoms with van der Waals surface area (Å²) in [6, 6.07) is 3.00. The van der Waals surface area contributed by atoms with Crippen molar-refractivity contribution in [3.8, 4) is 0 Å². The Kier molecular flexibility index (Phi) is 3.30. The zero-order valence-corrected chi connectivity index (χ0v) is 11.3. The number of halogens is 2. The van der Waals surface area contributed by atoms with Crippen LogP contribution in [-0.2, 0) is 9.59 Å². The number of nitrogens with one attached hydrogen (secondary N) is 2. The molecule has 108 valence electrons. The third-order valence-corrected chi connectivity index (χ3v) is 3.28. The topological polar surface area (TPSA) is 88.9 Å². The third kappa shape index (κ3) is 2.57. The molecule has 21 heavy (non-hydrogen) atoms. The molecule has 3 rings (SSSR count). The van der Waals surface area contributed by atoms with Gasteiger partial charge in [-0.2, -0.15) is 10.1 Å². The van der Waals surface area contributed by atoms with Crippen molar-refractivity contribution in [1.82, 2.24) is 14.8 Å². The molecule has 1 atom stereocenters. The SMILES string of the molecule is O=C1C[C@H](C(=O)Nc2ccc(F)c(Cl)c2)n2ncnc2N1. The smallest absolute Gasteiger partial charge is 0.249 e. The van der Waals surface area contributed by atoms with Crippen LogP contribution >= 0.6 is 11.6 Å². The molecule has 9 heteroatoms. The second-order valence-electron chi connectivity index (χ2n) is 4.41.